The van der Waals surface area contributed by atoms with E-state index in [1.54, 1.807) is 36.5 Å². The van der Waals surface area contributed by atoms with Crippen LogP contribution in [0.2, 0.25) is 0 Å². The van der Waals surface area contributed by atoms with E-state index in [1.165, 1.54) is 28.4 Å². The smallest absolute Gasteiger partial charge is 0.417 e. The van der Waals surface area contributed by atoms with E-state index in [0.29, 0.717) is 64.9 Å². The van der Waals surface area contributed by atoms with Crippen LogP contribution in [0.1, 0.15) is 46.3 Å². The topological polar surface area (TPSA) is 108 Å². The molecule has 1 saturated heterocycles. The number of imide groups is 1. The number of carbonyl (C=O) groups excluding carboxylic acids is 3. The fourth-order valence-corrected chi connectivity index (χ4v) is 7.90. The molecule has 14 heteroatoms. The van der Waals surface area contributed by atoms with Gasteiger partial charge < -0.3 is 19.4 Å². The average molecular weight is 757 g/mol. The molecule has 0 saturated carbocycles. The van der Waals surface area contributed by atoms with Gasteiger partial charge in [-0.2, -0.15) is 13.2 Å². The summed E-state index contributed by atoms with van der Waals surface area (Å²) < 4.78 is 49.9. The third-order valence-corrected chi connectivity index (χ3v) is 10.8. The molecule has 1 N–H and O–H groups in total. The number of hydrogen-bond donors (Lipinski definition) is 1. The number of halogens is 3. The van der Waals surface area contributed by atoms with Gasteiger partial charge in [-0.05, 0) is 98.1 Å². The Kier molecular flexibility index (Phi) is 10.4. The van der Waals surface area contributed by atoms with Gasteiger partial charge >= 0.3 is 6.18 Å². The van der Waals surface area contributed by atoms with Crippen LogP contribution in [-0.2, 0) is 28.7 Å². The molecule has 3 aromatic carbocycles. The number of fused-ring (bicyclic) bond motifs is 2. The summed E-state index contributed by atoms with van der Waals surface area (Å²) in [5, 5.41) is 2.64. The van der Waals surface area contributed by atoms with Crippen LogP contribution in [0.15, 0.2) is 72.9 Å². The summed E-state index contributed by atoms with van der Waals surface area (Å²) in [5.41, 5.74) is 3.43. The zero-order valence-corrected chi connectivity index (χ0v) is 30.9. The number of pyridine rings is 1. The quantitative estimate of drug-likeness (QED) is 0.138. The minimum atomic E-state index is -4.56. The first-order chi connectivity index (χ1) is 25.8. The van der Waals surface area contributed by atoms with Gasteiger partial charge in [0, 0.05) is 56.5 Å². The highest BCUT2D eigenvalue weighted by molar-refractivity contribution is 7.21. The zero-order valence-electron chi connectivity index (χ0n) is 30.1. The van der Waals surface area contributed by atoms with E-state index in [9.17, 15) is 27.6 Å². The molecule has 2 aromatic heterocycles. The molecule has 1 atom stereocenters. The van der Waals surface area contributed by atoms with Gasteiger partial charge in [-0.15, -0.1) is 11.3 Å². The highest BCUT2D eigenvalue weighted by Crippen LogP contribution is 2.42. The van der Waals surface area contributed by atoms with E-state index in [0.717, 1.165) is 35.2 Å². The van der Waals surface area contributed by atoms with E-state index in [2.05, 4.69) is 20.2 Å². The number of alkyl halides is 3. The van der Waals surface area contributed by atoms with Gasteiger partial charge in [-0.3, -0.25) is 19.7 Å². The number of hydrogen-bond acceptors (Lipinski definition) is 9. The molecule has 0 aliphatic carbocycles. The maximum Gasteiger partial charge on any atom is 0.417 e. The highest BCUT2D eigenvalue weighted by Gasteiger charge is 2.39. The van der Waals surface area contributed by atoms with Crippen LogP contribution in [0.3, 0.4) is 0 Å². The van der Waals surface area contributed by atoms with Crippen molar-refractivity contribution in [3.8, 4) is 27.4 Å². The van der Waals surface area contributed by atoms with Crippen molar-refractivity contribution < 1.29 is 32.3 Å². The second-order valence-corrected chi connectivity index (χ2v) is 14.9. The summed E-state index contributed by atoms with van der Waals surface area (Å²) in [6.07, 6.45) is -0.800. The molecule has 7 rings (SSSR count). The van der Waals surface area contributed by atoms with Crippen LogP contribution in [-0.4, -0.2) is 84.4 Å². The summed E-state index contributed by atoms with van der Waals surface area (Å²) in [7, 11) is 5.72. The first-order valence-electron chi connectivity index (χ1n) is 17.7. The van der Waals surface area contributed by atoms with E-state index in [4.69, 9.17) is 4.74 Å². The number of nitrogens with one attached hydrogen (secondary N) is 1. The molecule has 1 unspecified atom stereocenters. The number of benzene rings is 3. The molecule has 5 aromatic rings. The van der Waals surface area contributed by atoms with Crippen LogP contribution in [0.25, 0.3) is 31.9 Å². The number of aromatic nitrogens is 2. The largest absolute Gasteiger partial charge is 0.492 e. The standard InChI is InChI=1S/C40H39F3N6O4S/c1-47(2)35-14-8-26(22-44-35)25-7-10-30(31(21-25)40(41,42)43)38-45-32-12-6-24(19-34(32)54-38)5-4-16-48(3)17-18-53-28-9-11-29-27(20-28)23-49(39(29)52)33-13-15-36(50)46-37(33)51/h6-12,14,19-22,33H,4-5,13,15-18,23H2,1-3H3,(H,46,50,51). The molecule has 280 valence electrons. The molecule has 0 spiro atoms. The lowest BCUT2D eigenvalue weighted by atomic mass is 10.00. The maximum absolute atomic E-state index is 14.4. The second kappa shape index (κ2) is 15.2. The number of thiazole rings is 1. The summed E-state index contributed by atoms with van der Waals surface area (Å²) >= 11 is 1.26. The Bertz CT molecular complexity index is 2220. The molecular weight excluding hydrogens is 718 g/mol. The lowest BCUT2D eigenvalue weighted by Crippen LogP contribution is -2.52. The number of nitrogens with zero attached hydrogens (tertiary/aromatic N) is 5. The Morgan fingerprint density at radius 1 is 0.944 bits per heavy atom. The SMILES string of the molecule is CN(CCCc1ccc2nc(-c3ccc(-c4ccc(N(C)C)nc4)cc3C(F)(F)F)sc2c1)CCOc1ccc2c(c1)CN(C1CCC(=O)NC1=O)C2=O. The van der Waals surface area contributed by atoms with E-state index in [-0.39, 0.29) is 23.8 Å². The van der Waals surface area contributed by atoms with Gasteiger partial charge in [0.05, 0.1) is 15.8 Å². The van der Waals surface area contributed by atoms with Crippen molar-refractivity contribution in [1.82, 2.24) is 25.1 Å². The van der Waals surface area contributed by atoms with Crippen LogP contribution in [0.5, 0.6) is 5.75 Å². The third-order valence-electron chi connectivity index (χ3n) is 9.79. The zero-order chi connectivity index (χ0) is 38.1. The van der Waals surface area contributed by atoms with Crippen molar-refractivity contribution >= 4 is 45.1 Å². The molecule has 2 aliphatic rings. The molecular formula is C40H39F3N6O4S. The van der Waals surface area contributed by atoms with Crippen LogP contribution < -0.4 is 15.0 Å². The van der Waals surface area contributed by atoms with Crippen LogP contribution in [0, 0.1) is 0 Å². The number of rotatable bonds is 12. The van der Waals surface area contributed by atoms with Gasteiger partial charge in [-0.1, -0.05) is 18.2 Å². The summed E-state index contributed by atoms with van der Waals surface area (Å²) in [5.74, 6) is 0.382. The Morgan fingerprint density at radius 2 is 1.74 bits per heavy atom. The van der Waals surface area contributed by atoms with Crippen molar-refractivity contribution in [2.24, 2.45) is 0 Å². The minimum absolute atomic E-state index is 0.0540. The van der Waals surface area contributed by atoms with Crippen molar-refractivity contribution in [3.63, 3.8) is 0 Å². The lowest BCUT2D eigenvalue weighted by Gasteiger charge is -2.29. The molecule has 3 amide bonds. The Balaban J connectivity index is 0.923. The Labute approximate surface area is 314 Å². The number of amides is 3. The summed E-state index contributed by atoms with van der Waals surface area (Å²) in [4.78, 5) is 51.3. The van der Waals surface area contributed by atoms with Gasteiger partial charge in [-0.25, -0.2) is 9.97 Å². The normalized spacial score (nSPS) is 15.9. The van der Waals surface area contributed by atoms with E-state index < -0.39 is 23.7 Å². The molecule has 0 bridgehead atoms. The molecule has 0 radical (unpaired) electrons. The van der Waals surface area contributed by atoms with Gasteiger partial charge in [0.1, 0.15) is 29.2 Å². The number of carbonyl (C=O) groups is 3. The predicted octanol–water partition coefficient (Wildman–Crippen LogP) is 6.81. The molecule has 1 fully saturated rings. The van der Waals surface area contributed by atoms with Crippen molar-refractivity contribution in [3.05, 3.63) is 95.2 Å². The second-order valence-electron chi connectivity index (χ2n) is 13.9. The Hall–Kier alpha value is -5.34. The van der Waals surface area contributed by atoms with Gasteiger partial charge in [0.2, 0.25) is 11.8 Å². The third kappa shape index (κ3) is 7.94. The summed E-state index contributed by atoms with van der Waals surface area (Å²) in [6.45, 7) is 2.22. The van der Waals surface area contributed by atoms with E-state index >= 15 is 0 Å². The van der Waals surface area contributed by atoms with Crippen molar-refractivity contribution in [2.75, 3.05) is 45.7 Å². The number of likely N-dealkylation sites (N-methyl/N-ethyl adjacent to an activating group) is 1. The van der Waals surface area contributed by atoms with Gasteiger partial charge in [0.15, 0.2) is 0 Å². The number of piperidine rings is 1. The number of aryl methyl sites for hydroxylation is 1. The van der Waals surface area contributed by atoms with E-state index in [1.807, 2.05) is 50.3 Å². The predicted molar refractivity (Wildman–Crippen MR) is 201 cm³/mol. The first kappa shape index (κ1) is 37.0. The van der Waals surface area contributed by atoms with Gasteiger partial charge in [0.25, 0.3) is 5.91 Å². The monoisotopic (exact) mass is 756 g/mol. The minimum Gasteiger partial charge on any atom is -0.492 e. The molecule has 54 heavy (non-hydrogen) atoms. The molecule has 4 heterocycles. The average Bonchev–Trinajstić information content (AvgIpc) is 3.71. The molecule has 2 aliphatic heterocycles. The van der Waals surface area contributed by atoms with Crippen LogP contribution in [0.4, 0.5) is 19.0 Å². The highest BCUT2D eigenvalue weighted by atomic mass is 32.1. The summed E-state index contributed by atoms with van der Waals surface area (Å²) in [6, 6.07) is 18.4. The maximum atomic E-state index is 14.4. The number of ether oxygens (including phenoxy) is 1. The fraction of sp³-hybridized carbons (Fsp3) is 0.325. The molecule has 10 nitrogen and oxygen atoms in total. The van der Waals surface area contributed by atoms with Crippen molar-refractivity contribution in [1.29, 1.82) is 0 Å². The number of anilines is 1. The van der Waals surface area contributed by atoms with Crippen molar-refractivity contribution in [2.45, 2.75) is 44.4 Å². The fourth-order valence-electron chi connectivity index (χ4n) is 6.83. The lowest BCUT2D eigenvalue weighted by molar-refractivity contribution is -0.138. The Morgan fingerprint density at radius 3 is 2.48 bits per heavy atom. The van der Waals surface area contributed by atoms with Crippen LogP contribution >= 0.6 is 11.3 Å². The first-order valence-corrected chi connectivity index (χ1v) is 18.5.